The van der Waals surface area contributed by atoms with Crippen molar-refractivity contribution in [3.8, 4) is 16.9 Å². The fourth-order valence-electron chi connectivity index (χ4n) is 9.48. The standard InChI is InChI=1S/C52H66FN9O10S2/c1-68-34-72-43-13-10-38(53)31-41(43)48(49(65)59-52-56-17-29-73-52)62-32-37-7-6-36(30-40(37)50(62)66)35-8-11-39(12-9-35)61-21-19-60(20-22-61)18-15-54-46(64)14-23-69-25-27-71-28-26-70-24-16-55-45(63)5-3-2-4-44-47-42(33-74-44)57-51(67)58-47/h6-13,17,29-31,42,44,47-48H,2-5,14-16,18-28,32-34H2,1H3,(H,54,64)(H,55,63)(H,56,59,65)(H2,57,58,67)/t42-,44-,47-,48?/m0/s1. The summed E-state index contributed by atoms with van der Waals surface area (Å²) in [5, 5.41) is 17.1. The molecule has 4 aliphatic heterocycles. The van der Waals surface area contributed by atoms with Gasteiger partial charge in [-0.1, -0.05) is 30.7 Å². The molecule has 3 fully saturated rings. The molecule has 74 heavy (non-hydrogen) atoms. The molecule has 5 N–H and O–H groups in total. The summed E-state index contributed by atoms with van der Waals surface area (Å²) in [6.07, 6.45) is 5.07. The number of thiazole rings is 1. The maximum Gasteiger partial charge on any atom is 0.315 e. The van der Waals surface area contributed by atoms with E-state index in [4.69, 9.17) is 23.7 Å². The van der Waals surface area contributed by atoms with Gasteiger partial charge in [0.25, 0.3) is 11.8 Å². The highest BCUT2D eigenvalue weighted by Gasteiger charge is 2.43. The Hall–Kier alpha value is -5.88. The maximum absolute atomic E-state index is 14.8. The molecule has 0 bridgehead atoms. The number of urea groups is 1. The number of aromatic nitrogens is 1. The minimum Gasteiger partial charge on any atom is -0.467 e. The molecule has 8 rings (SSSR count). The number of fused-ring (bicyclic) bond motifs is 2. The van der Waals surface area contributed by atoms with Crippen LogP contribution in [0.4, 0.5) is 20.0 Å². The molecule has 1 unspecified atom stereocenters. The molecular weight excluding hydrogens is 994 g/mol. The maximum atomic E-state index is 14.8. The Balaban J connectivity index is 0.666. The van der Waals surface area contributed by atoms with E-state index >= 15 is 0 Å². The quantitative estimate of drug-likeness (QED) is 0.0281. The van der Waals surface area contributed by atoms with Gasteiger partial charge in [0.15, 0.2) is 11.9 Å². The number of anilines is 2. The molecule has 0 saturated carbocycles. The number of halogens is 1. The van der Waals surface area contributed by atoms with Crippen molar-refractivity contribution in [1.29, 1.82) is 0 Å². The van der Waals surface area contributed by atoms with Gasteiger partial charge in [-0.25, -0.2) is 14.2 Å². The number of amides is 6. The number of ether oxygens (including phenoxy) is 5. The number of benzene rings is 3. The second kappa shape index (κ2) is 27.6. The lowest BCUT2D eigenvalue weighted by atomic mass is 10.00. The van der Waals surface area contributed by atoms with E-state index in [1.54, 1.807) is 11.6 Å². The van der Waals surface area contributed by atoms with Crippen LogP contribution in [0, 0.1) is 5.82 Å². The van der Waals surface area contributed by atoms with E-state index in [-0.39, 0.29) is 66.9 Å². The lowest BCUT2D eigenvalue weighted by molar-refractivity contribution is -0.123. The molecular formula is C52H66FN9O10S2. The second-order valence-electron chi connectivity index (χ2n) is 18.3. The fraction of sp³-hybridized carbons (Fsp3) is 0.500. The molecule has 22 heteroatoms. The van der Waals surface area contributed by atoms with E-state index < -0.39 is 17.8 Å². The van der Waals surface area contributed by atoms with E-state index in [0.717, 1.165) is 80.1 Å². The van der Waals surface area contributed by atoms with Crippen molar-refractivity contribution in [3.63, 3.8) is 0 Å². The molecule has 398 valence electrons. The number of carbonyl (C=O) groups excluding carboxylic acids is 5. The van der Waals surface area contributed by atoms with Crippen LogP contribution in [0.1, 0.15) is 59.6 Å². The number of hydrogen-bond acceptors (Lipinski definition) is 15. The van der Waals surface area contributed by atoms with Crippen LogP contribution in [0.5, 0.6) is 5.75 Å². The van der Waals surface area contributed by atoms with Crippen LogP contribution in [0.15, 0.2) is 72.2 Å². The highest BCUT2D eigenvalue weighted by molar-refractivity contribution is 8.00. The van der Waals surface area contributed by atoms with Crippen molar-refractivity contribution in [3.05, 3.63) is 94.7 Å². The van der Waals surface area contributed by atoms with Crippen LogP contribution in [0.3, 0.4) is 0 Å². The van der Waals surface area contributed by atoms with Crippen LogP contribution in [-0.4, -0.2) is 167 Å². The summed E-state index contributed by atoms with van der Waals surface area (Å²) in [4.78, 5) is 74.5. The Labute approximate surface area is 438 Å². The van der Waals surface area contributed by atoms with Crippen molar-refractivity contribution in [2.24, 2.45) is 0 Å². The predicted octanol–water partition coefficient (Wildman–Crippen LogP) is 4.79. The Morgan fingerprint density at radius 2 is 1.58 bits per heavy atom. The van der Waals surface area contributed by atoms with E-state index in [1.807, 2.05) is 42.1 Å². The summed E-state index contributed by atoms with van der Waals surface area (Å²) in [6, 6.07) is 16.9. The van der Waals surface area contributed by atoms with Gasteiger partial charge >= 0.3 is 6.03 Å². The Morgan fingerprint density at radius 3 is 2.35 bits per heavy atom. The van der Waals surface area contributed by atoms with Crippen LogP contribution in [0.2, 0.25) is 0 Å². The van der Waals surface area contributed by atoms with Crippen molar-refractivity contribution in [2.75, 3.05) is 115 Å². The molecule has 4 aromatic rings. The summed E-state index contributed by atoms with van der Waals surface area (Å²) < 4.78 is 42.3. The minimum atomic E-state index is -1.23. The monoisotopic (exact) mass is 1060 g/mol. The number of methoxy groups -OCH3 is 1. The van der Waals surface area contributed by atoms with Gasteiger partial charge in [-0.15, -0.1) is 11.3 Å². The Morgan fingerprint density at radius 1 is 0.838 bits per heavy atom. The van der Waals surface area contributed by atoms with Crippen molar-refractivity contribution in [2.45, 2.75) is 62.0 Å². The molecule has 4 aliphatic rings. The average Bonchev–Trinajstić information content (AvgIpc) is 4.21. The Kier molecular flexibility index (Phi) is 20.3. The van der Waals surface area contributed by atoms with Gasteiger partial charge in [0.2, 0.25) is 11.8 Å². The zero-order valence-corrected chi connectivity index (χ0v) is 43.3. The fourth-order valence-corrected chi connectivity index (χ4v) is 11.6. The van der Waals surface area contributed by atoms with Gasteiger partial charge in [-0.05, 0) is 65.9 Å². The predicted molar refractivity (Wildman–Crippen MR) is 280 cm³/mol. The van der Waals surface area contributed by atoms with Crippen LogP contribution < -0.4 is 36.2 Å². The van der Waals surface area contributed by atoms with Crippen LogP contribution in [0.25, 0.3) is 11.1 Å². The zero-order chi connectivity index (χ0) is 51.7. The molecule has 4 atom stereocenters. The summed E-state index contributed by atoms with van der Waals surface area (Å²) in [6.45, 7) is 7.44. The third-order valence-electron chi connectivity index (χ3n) is 13.3. The van der Waals surface area contributed by atoms with Crippen LogP contribution in [-0.2, 0) is 39.9 Å². The summed E-state index contributed by atoms with van der Waals surface area (Å²) in [5.74, 6) is -0.377. The smallest absolute Gasteiger partial charge is 0.315 e. The largest absolute Gasteiger partial charge is 0.467 e. The third kappa shape index (κ3) is 15.1. The number of nitrogens with one attached hydrogen (secondary N) is 5. The van der Waals surface area contributed by atoms with Crippen LogP contribution >= 0.6 is 23.1 Å². The Bertz CT molecular complexity index is 2500. The highest BCUT2D eigenvalue weighted by atomic mass is 32.2. The molecule has 0 radical (unpaired) electrons. The average molecular weight is 1060 g/mol. The van der Waals surface area contributed by atoms with E-state index in [0.29, 0.717) is 75.1 Å². The highest BCUT2D eigenvalue weighted by Crippen LogP contribution is 2.39. The number of unbranched alkanes of at least 4 members (excludes halogenated alkanes) is 1. The molecule has 6 amide bonds. The van der Waals surface area contributed by atoms with Gasteiger partial charge in [-0.2, -0.15) is 11.8 Å². The van der Waals surface area contributed by atoms with Gasteiger partial charge < -0.3 is 54.8 Å². The lowest BCUT2D eigenvalue weighted by Gasteiger charge is -2.36. The lowest BCUT2D eigenvalue weighted by Crippen LogP contribution is -2.48. The van der Waals surface area contributed by atoms with Gasteiger partial charge in [0.1, 0.15) is 17.6 Å². The molecule has 3 saturated heterocycles. The first-order chi connectivity index (χ1) is 36.1. The molecule has 0 aliphatic carbocycles. The van der Waals surface area contributed by atoms with Crippen molar-refractivity contribution < 1.29 is 52.0 Å². The number of nitrogens with zero attached hydrogens (tertiary/aromatic N) is 4. The first-order valence-electron chi connectivity index (χ1n) is 25.2. The number of hydrogen-bond donors (Lipinski definition) is 5. The van der Waals surface area contributed by atoms with E-state index in [9.17, 15) is 28.4 Å². The molecule has 19 nitrogen and oxygen atoms in total. The van der Waals surface area contributed by atoms with Gasteiger partial charge in [-0.3, -0.25) is 29.4 Å². The summed E-state index contributed by atoms with van der Waals surface area (Å²) in [5.41, 5.74) is 4.27. The number of piperazine rings is 1. The SMILES string of the molecule is COCOc1ccc(F)cc1C(C(=O)Nc1nccs1)N1Cc2ccc(-c3ccc(N4CCN(CCNC(=O)CCOCCOCCOCCNC(=O)CCCC[C@@H]5SC[C@@H]6NC(=O)N[C@@H]65)CC4)cc3)cc2C1=O. The first kappa shape index (κ1) is 54.4. The second-order valence-corrected chi connectivity index (χ2v) is 20.5. The van der Waals surface area contributed by atoms with Gasteiger partial charge in [0, 0.05) is 112 Å². The normalized spacial score (nSPS) is 18.6. The summed E-state index contributed by atoms with van der Waals surface area (Å²) >= 11 is 3.12. The number of carbonyl (C=O) groups is 5. The molecule has 0 spiro atoms. The summed E-state index contributed by atoms with van der Waals surface area (Å²) in [7, 11) is 1.46. The van der Waals surface area contributed by atoms with Gasteiger partial charge in [0.05, 0.1) is 51.7 Å². The number of thioether (sulfide) groups is 1. The number of rotatable bonds is 29. The molecule has 5 heterocycles. The first-order valence-corrected chi connectivity index (χ1v) is 27.1. The van der Waals surface area contributed by atoms with E-state index in [2.05, 4.69) is 53.5 Å². The molecule has 3 aromatic carbocycles. The molecule has 1 aromatic heterocycles. The topological polar surface area (TPSA) is 214 Å². The zero-order valence-electron chi connectivity index (χ0n) is 41.7. The third-order valence-corrected chi connectivity index (χ3v) is 15.5. The van der Waals surface area contributed by atoms with Crippen molar-refractivity contribution in [1.82, 2.24) is 36.1 Å². The minimum absolute atomic E-state index is 0.0195. The van der Waals surface area contributed by atoms with Crippen molar-refractivity contribution >= 4 is 63.6 Å². The van der Waals surface area contributed by atoms with E-state index in [1.165, 1.54) is 41.5 Å².